The molecular formula is C18H17NO4. The molecule has 3 rings (SSSR count). The number of para-hydroxylation sites is 1. The van der Waals surface area contributed by atoms with Gasteiger partial charge in [-0.3, -0.25) is 4.57 Å². The van der Waals surface area contributed by atoms with E-state index in [1.54, 1.807) is 24.3 Å². The number of hydrogen-bond acceptors (Lipinski definition) is 4. The third kappa shape index (κ3) is 3.34. The van der Waals surface area contributed by atoms with Crippen LogP contribution in [0.2, 0.25) is 0 Å². The van der Waals surface area contributed by atoms with Gasteiger partial charge in [-0.1, -0.05) is 24.3 Å². The topological polar surface area (TPSA) is 61.4 Å². The summed E-state index contributed by atoms with van der Waals surface area (Å²) >= 11 is 0. The molecule has 0 amide bonds. The van der Waals surface area contributed by atoms with E-state index in [0.717, 1.165) is 11.3 Å². The van der Waals surface area contributed by atoms with Crippen LogP contribution in [0.5, 0.6) is 5.75 Å². The molecule has 5 heteroatoms. The predicted molar refractivity (Wildman–Crippen MR) is 88.0 cm³/mol. The van der Waals surface area contributed by atoms with Gasteiger partial charge in [-0.25, -0.2) is 9.59 Å². The Morgan fingerprint density at radius 3 is 2.74 bits per heavy atom. The molecule has 5 nitrogen and oxygen atoms in total. The summed E-state index contributed by atoms with van der Waals surface area (Å²) in [6.45, 7) is 2.91. The van der Waals surface area contributed by atoms with E-state index in [0.29, 0.717) is 30.5 Å². The van der Waals surface area contributed by atoms with Gasteiger partial charge in [0.05, 0.1) is 17.5 Å². The fourth-order valence-electron chi connectivity index (χ4n) is 2.50. The molecule has 0 aliphatic heterocycles. The van der Waals surface area contributed by atoms with Gasteiger partial charge in [0.1, 0.15) is 5.75 Å². The van der Waals surface area contributed by atoms with Crippen LogP contribution < -0.4 is 16.1 Å². The molecule has 0 fully saturated rings. The highest BCUT2D eigenvalue weighted by atomic mass is 16.5. The zero-order valence-corrected chi connectivity index (χ0v) is 12.8. The molecule has 1 heterocycles. The van der Waals surface area contributed by atoms with E-state index in [1.807, 2.05) is 31.2 Å². The van der Waals surface area contributed by atoms with Gasteiger partial charge in [0.2, 0.25) is 0 Å². The van der Waals surface area contributed by atoms with Crippen LogP contribution in [0.1, 0.15) is 12.0 Å². The Morgan fingerprint density at radius 2 is 1.91 bits per heavy atom. The molecule has 0 bridgehead atoms. The zero-order chi connectivity index (χ0) is 16.2. The Balaban J connectivity index is 1.73. The van der Waals surface area contributed by atoms with E-state index >= 15 is 0 Å². The van der Waals surface area contributed by atoms with Crippen LogP contribution >= 0.6 is 0 Å². The second kappa shape index (κ2) is 6.52. The number of rotatable bonds is 5. The molecule has 0 spiro atoms. The number of benzene rings is 2. The lowest BCUT2D eigenvalue weighted by Crippen LogP contribution is -2.25. The summed E-state index contributed by atoms with van der Waals surface area (Å²) < 4.78 is 11.9. The molecule has 118 valence electrons. The molecular weight excluding hydrogens is 294 g/mol. The van der Waals surface area contributed by atoms with Gasteiger partial charge >= 0.3 is 11.4 Å². The minimum absolute atomic E-state index is 0.409. The highest BCUT2D eigenvalue weighted by Crippen LogP contribution is 2.13. The predicted octanol–water partition coefficient (Wildman–Crippen LogP) is 2.73. The van der Waals surface area contributed by atoms with Crippen molar-refractivity contribution in [2.45, 2.75) is 19.9 Å². The van der Waals surface area contributed by atoms with Crippen molar-refractivity contribution in [3.8, 4) is 5.75 Å². The van der Waals surface area contributed by atoms with E-state index in [2.05, 4.69) is 0 Å². The standard InChI is InChI=1S/C18H17NO4/c1-13-6-4-7-14(12-13)22-11-5-10-19-16-9-3-2-8-15(16)17(20)23-18(19)21/h2-4,6-9,12H,5,10-11H2,1H3. The largest absolute Gasteiger partial charge is 0.494 e. The zero-order valence-electron chi connectivity index (χ0n) is 12.8. The first-order chi connectivity index (χ1) is 11.1. The number of nitrogens with zero attached hydrogens (tertiary/aromatic N) is 1. The summed E-state index contributed by atoms with van der Waals surface area (Å²) in [4.78, 5) is 23.6. The molecule has 0 saturated heterocycles. The van der Waals surface area contributed by atoms with E-state index in [1.165, 1.54) is 4.57 Å². The van der Waals surface area contributed by atoms with Crippen LogP contribution in [0.3, 0.4) is 0 Å². The van der Waals surface area contributed by atoms with Crippen LogP contribution in [0.4, 0.5) is 0 Å². The van der Waals surface area contributed by atoms with Gasteiger partial charge in [0, 0.05) is 6.54 Å². The van der Waals surface area contributed by atoms with E-state index in [4.69, 9.17) is 9.15 Å². The summed E-state index contributed by atoms with van der Waals surface area (Å²) in [5.41, 5.74) is 1.12. The van der Waals surface area contributed by atoms with Crippen molar-refractivity contribution < 1.29 is 9.15 Å². The van der Waals surface area contributed by atoms with Crippen LogP contribution in [-0.4, -0.2) is 11.2 Å². The Bertz CT molecular complexity index is 939. The molecule has 0 N–H and O–H groups in total. The first-order valence-corrected chi connectivity index (χ1v) is 7.47. The van der Waals surface area contributed by atoms with Crippen LogP contribution in [0, 0.1) is 6.92 Å². The van der Waals surface area contributed by atoms with Crippen molar-refractivity contribution in [2.24, 2.45) is 0 Å². The summed E-state index contributed by atoms with van der Waals surface area (Å²) in [5, 5.41) is 0.409. The third-order valence-corrected chi connectivity index (χ3v) is 3.60. The molecule has 0 saturated carbocycles. The molecule has 0 aliphatic carbocycles. The van der Waals surface area contributed by atoms with E-state index in [-0.39, 0.29) is 0 Å². The smallest absolute Gasteiger partial charge is 0.422 e. The first-order valence-electron chi connectivity index (χ1n) is 7.47. The normalized spacial score (nSPS) is 10.8. The van der Waals surface area contributed by atoms with Crippen LogP contribution in [0.15, 0.2) is 62.5 Å². The Kier molecular flexibility index (Phi) is 4.28. The van der Waals surface area contributed by atoms with Crippen molar-refractivity contribution in [3.05, 3.63) is 75.1 Å². The van der Waals surface area contributed by atoms with Crippen LogP contribution in [-0.2, 0) is 6.54 Å². The maximum Gasteiger partial charge on any atom is 0.422 e. The summed E-state index contributed by atoms with van der Waals surface area (Å²) in [6.07, 6.45) is 0.631. The average molecular weight is 311 g/mol. The second-order valence-corrected chi connectivity index (χ2v) is 5.34. The maximum atomic E-state index is 11.9. The van der Waals surface area contributed by atoms with Gasteiger partial charge in [0.25, 0.3) is 0 Å². The fraction of sp³-hybridized carbons (Fsp3) is 0.222. The molecule has 0 radical (unpaired) electrons. The SMILES string of the molecule is Cc1cccc(OCCCn2c(=O)oc(=O)c3ccccc32)c1. The molecule has 0 atom stereocenters. The molecule has 0 unspecified atom stereocenters. The van der Waals surface area contributed by atoms with Crippen molar-refractivity contribution in [2.75, 3.05) is 6.61 Å². The number of fused-ring (bicyclic) bond motifs is 1. The summed E-state index contributed by atoms with van der Waals surface area (Å²) in [7, 11) is 0. The third-order valence-electron chi connectivity index (χ3n) is 3.60. The summed E-state index contributed by atoms with van der Waals surface area (Å²) in [5.74, 6) is 0.172. The lowest BCUT2D eigenvalue weighted by molar-refractivity contribution is 0.296. The molecule has 3 aromatic rings. The lowest BCUT2D eigenvalue weighted by Gasteiger charge is -2.09. The van der Waals surface area contributed by atoms with Gasteiger partial charge in [-0.2, -0.15) is 0 Å². The second-order valence-electron chi connectivity index (χ2n) is 5.34. The highest BCUT2D eigenvalue weighted by molar-refractivity contribution is 5.77. The van der Waals surface area contributed by atoms with Crippen molar-refractivity contribution in [1.29, 1.82) is 0 Å². The number of ether oxygens (including phenoxy) is 1. The van der Waals surface area contributed by atoms with E-state index < -0.39 is 11.4 Å². The van der Waals surface area contributed by atoms with Crippen LogP contribution in [0.25, 0.3) is 10.9 Å². The minimum Gasteiger partial charge on any atom is -0.494 e. The monoisotopic (exact) mass is 311 g/mol. The van der Waals surface area contributed by atoms with Gasteiger partial charge in [0.15, 0.2) is 0 Å². The number of aromatic nitrogens is 1. The Hall–Kier alpha value is -2.82. The number of aryl methyl sites for hydroxylation is 2. The average Bonchev–Trinajstić information content (AvgIpc) is 2.54. The Morgan fingerprint density at radius 1 is 1.09 bits per heavy atom. The Labute approximate surface area is 132 Å². The van der Waals surface area contributed by atoms with E-state index in [9.17, 15) is 9.59 Å². The first kappa shape index (κ1) is 15.1. The van der Waals surface area contributed by atoms with Gasteiger partial charge < -0.3 is 9.15 Å². The minimum atomic E-state index is -0.635. The maximum absolute atomic E-state index is 11.9. The van der Waals surface area contributed by atoms with Gasteiger partial charge in [-0.05, 0) is 43.2 Å². The number of hydrogen-bond donors (Lipinski definition) is 0. The van der Waals surface area contributed by atoms with Crippen molar-refractivity contribution >= 4 is 10.9 Å². The quantitative estimate of drug-likeness (QED) is 0.680. The molecule has 0 aliphatic rings. The molecule has 1 aromatic heterocycles. The lowest BCUT2D eigenvalue weighted by atomic mass is 10.2. The van der Waals surface area contributed by atoms with Crippen molar-refractivity contribution in [1.82, 2.24) is 4.57 Å². The van der Waals surface area contributed by atoms with Crippen molar-refractivity contribution in [3.63, 3.8) is 0 Å². The summed E-state index contributed by atoms with van der Waals surface area (Å²) in [6, 6.07) is 14.7. The van der Waals surface area contributed by atoms with Gasteiger partial charge in [-0.15, -0.1) is 0 Å². The fourth-order valence-corrected chi connectivity index (χ4v) is 2.50. The molecule has 23 heavy (non-hydrogen) atoms. The molecule has 2 aromatic carbocycles. The highest BCUT2D eigenvalue weighted by Gasteiger charge is 2.08.